The number of hydrazone groups is 1. The molecule has 0 unspecified atom stereocenters. The molecule has 1 fully saturated rings. The van der Waals surface area contributed by atoms with E-state index in [1.165, 1.54) is 0 Å². The highest BCUT2D eigenvalue weighted by Crippen LogP contribution is 2.29. The van der Waals surface area contributed by atoms with Gasteiger partial charge in [0.2, 0.25) is 12.3 Å². The monoisotopic (exact) mass is 478 g/mol. The average molecular weight is 479 g/mol. The third-order valence-corrected chi connectivity index (χ3v) is 5.90. The summed E-state index contributed by atoms with van der Waals surface area (Å²) in [6.07, 6.45) is 1.79. The van der Waals surface area contributed by atoms with Crippen LogP contribution in [-0.4, -0.2) is 43.0 Å². The average Bonchev–Trinajstić information content (AvgIpc) is 3.14. The van der Waals surface area contributed by atoms with Gasteiger partial charge in [-0.15, -0.1) is 10.1 Å². The van der Waals surface area contributed by atoms with Gasteiger partial charge in [-0.25, -0.2) is 0 Å². The summed E-state index contributed by atoms with van der Waals surface area (Å²) >= 11 is 6.09. The van der Waals surface area contributed by atoms with Gasteiger partial charge >= 0.3 is 5.91 Å². The third-order valence-electron chi connectivity index (χ3n) is 5.64. The van der Waals surface area contributed by atoms with E-state index in [-0.39, 0.29) is 11.8 Å². The number of hydrogen-bond acceptors (Lipinski definition) is 4. The molecule has 4 rings (SSSR count). The lowest BCUT2D eigenvalue weighted by Gasteiger charge is -2.15. The number of hydrogen-bond donors (Lipinski definition) is 2. The predicted molar refractivity (Wildman–Crippen MR) is 130 cm³/mol. The summed E-state index contributed by atoms with van der Waals surface area (Å²) in [7, 11) is 3.13. The minimum absolute atomic E-state index is 0.322. The first-order chi connectivity index (χ1) is 16.4. The topological polar surface area (TPSA) is 79.7 Å². The SMILES string of the molecule is COc1ccc(/C=[N+]2\NC(=O)[C@@H](NC(=O)c3ccc(C)cc3)[C@H]2c2ccc(Cl)cc2)cc1OC. The summed E-state index contributed by atoms with van der Waals surface area (Å²) < 4.78 is 12.4. The van der Waals surface area contributed by atoms with Gasteiger partial charge in [0.1, 0.15) is 0 Å². The number of nitrogens with zero attached hydrogens (tertiary/aromatic N) is 1. The number of halogens is 1. The highest BCUT2D eigenvalue weighted by atomic mass is 35.5. The van der Waals surface area contributed by atoms with E-state index >= 15 is 0 Å². The van der Waals surface area contributed by atoms with E-state index in [9.17, 15) is 9.59 Å². The Balaban J connectivity index is 1.71. The second kappa shape index (κ2) is 9.97. The Kier molecular flexibility index (Phi) is 6.84. The van der Waals surface area contributed by atoms with Crippen LogP contribution in [0.25, 0.3) is 0 Å². The quantitative estimate of drug-likeness (QED) is 0.530. The largest absolute Gasteiger partial charge is 0.493 e. The Bertz CT molecular complexity index is 1240. The van der Waals surface area contributed by atoms with Gasteiger partial charge in [0.15, 0.2) is 17.5 Å². The van der Waals surface area contributed by atoms with Crippen LogP contribution in [0.5, 0.6) is 11.5 Å². The first-order valence-electron chi connectivity index (χ1n) is 10.7. The van der Waals surface area contributed by atoms with Crippen LogP contribution in [0.15, 0.2) is 66.7 Å². The molecule has 0 aliphatic carbocycles. The second-order valence-electron chi connectivity index (χ2n) is 7.94. The molecular formula is C26H25ClN3O4+. The van der Waals surface area contributed by atoms with Crippen LogP contribution in [-0.2, 0) is 4.79 Å². The van der Waals surface area contributed by atoms with Gasteiger partial charge < -0.3 is 14.8 Å². The van der Waals surface area contributed by atoms with Crippen molar-refractivity contribution >= 4 is 29.6 Å². The number of nitrogens with one attached hydrogen (secondary N) is 2. The van der Waals surface area contributed by atoms with E-state index in [4.69, 9.17) is 21.1 Å². The number of methoxy groups -OCH3 is 2. The molecular weight excluding hydrogens is 454 g/mol. The van der Waals surface area contributed by atoms with E-state index in [1.807, 2.05) is 43.3 Å². The fourth-order valence-corrected chi connectivity index (χ4v) is 3.99. The normalized spacial score (nSPS) is 18.5. The number of carbonyl (C=O) groups excluding carboxylic acids is 2. The first-order valence-corrected chi connectivity index (χ1v) is 11.1. The highest BCUT2D eigenvalue weighted by molar-refractivity contribution is 6.30. The van der Waals surface area contributed by atoms with Crippen molar-refractivity contribution in [1.82, 2.24) is 10.7 Å². The van der Waals surface area contributed by atoms with Crippen LogP contribution in [0.1, 0.15) is 33.1 Å². The van der Waals surface area contributed by atoms with Crippen LogP contribution >= 0.6 is 11.6 Å². The molecule has 0 radical (unpaired) electrons. The minimum atomic E-state index is -0.827. The molecule has 174 valence electrons. The Morgan fingerprint density at radius 1 is 1.00 bits per heavy atom. The van der Waals surface area contributed by atoms with Crippen molar-refractivity contribution in [3.05, 3.63) is 94.0 Å². The highest BCUT2D eigenvalue weighted by Gasteiger charge is 2.47. The maximum atomic E-state index is 13.0. The lowest BCUT2D eigenvalue weighted by atomic mass is 9.99. The Morgan fingerprint density at radius 3 is 2.32 bits per heavy atom. The molecule has 1 saturated heterocycles. The molecule has 3 aromatic carbocycles. The molecule has 2 amide bonds. The molecule has 1 heterocycles. The molecule has 0 spiro atoms. The number of ether oxygens (including phenoxy) is 2. The number of benzene rings is 3. The fourth-order valence-electron chi connectivity index (χ4n) is 3.86. The molecule has 34 heavy (non-hydrogen) atoms. The van der Waals surface area contributed by atoms with Gasteiger partial charge in [-0.05, 0) is 49.4 Å². The molecule has 0 aromatic heterocycles. The second-order valence-corrected chi connectivity index (χ2v) is 8.38. The zero-order chi connectivity index (χ0) is 24.2. The summed E-state index contributed by atoms with van der Waals surface area (Å²) in [5, 5.41) is 3.47. The van der Waals surface area contributed by atoms with E-state index in [1.54, 1.807) is 55.5 Å². The Hall–Kier alpha value is -3.84. The maximum Gasteiger partial charge on any atom is 0.304 e. The summed E-state index contributed by atoms with van der Waals surface area (Å²) in [5.41, 5.74) is 5.99. The number of aryl methyl sites for hydroxylation is 1. The van der Waals surface area contributed by atoms with Gasteiger partial charge in [0.25, 0.3) is 5.91 Å². The number of carbonyl (C=O) groups is 2. The van der Waals surface area contributed by atoms with Gasteiger partial charge in [0.05, 0.1) is 14.2 Å². The van der Waals surface area contributed by atoms with Crippen molar-refractivity contribution < 1.29 is 23.7 Å². The van der Waals surface area contributed by atoms with Crippen molar-refractivity contribution in [2.24, 2.45) is 0 Å². The smallest absolute Gasteiger partial charge is 0.304 e. The summed E-state index contributed by atoms with van der Waals surface area (Å²) in [4.78, 5) is 25.9. The van der Waals surface area contributed by atoms with E-state index in [0.717, 1.165) is 16.7 Å². The van der Waals surface area contributed by atoms with Crippen LogP contribution < -0.4 is 20.2 Å². The van der Waals surface area contributed by atoms with E-state index < -0.39 is 12.1 Å². The van der Waals surface area contributed by atoms with Gasteiger partial charge in [-0.3, -0.25) is 9.59 Å². The molecule has 1 aliphatic heterocycles. The minimum Gasteiger partial charge on any atom is -0.493 e. The number of hydrazine groups is 1. The van der Waals surface area contributed by atoms with E-state index in [2.05, 4.69) is 10.7 Å². The summed E-state index contributed by atoms with van der Waals surface area (Å²) in [6, 6.07) is 18.5. The molecule has 7 nitrogen and oxygen atoms in total. The summed E-state index contributed by atoms with van der Waals surface area (Å²) in [5.74, 6) is 0.515. The third kappa shape index (κ3) is 4.89. The number of rotatable bonds is 6. The number of amides is 2. The Morgan fingerprint density at radius 2 is 1.68 bits per heavy atom. The lowest BCUT2D eigenvalue weighted by molar-refractivity contribution is -0.596. The molecule has 8 heteroatoms. The molecule has 0 bridgehead atoms. The standard InChI is InChI=1S/C26H24ClN3O4/c1-16-4-7-19(8-5-16)25(31)28-23-24(18-9-11-20(27)12-10-18)30(29-26(23)32)15-17-6-13-21(33-2)22(14-17)34-3/h4-15,23-24H,1-3H3,(H-,28,29,31,32)/p+1/b30-15-/t23-,24+/m0/s1. The van der Waals surface area contributed by atoms with Crippen molar-refractivity contribution in [1.29, 1.82) is 0 Å². The summed E-state index contributed by atoms with van der Waals surface area (Å²) in [6.45, 7) is 1.95. The van der Waals surface area contributed by atoms with Crippen molar-refractivity contribution in [3.63, 3.8) is 0 Å². The predicted octanol–water partition coefficient (Wildman–Crippen LogP) is 3.68. The van der Waals surface area contributed by atoms with Crippen molar-refractivity contribution in [3.8, 4) is 11.5 Å². The molecule has 2 atom stereocenters. The zero-order valence-corrected chi connectivity index (χ0v) is 19.8. The fraction of sp³-hybridized carbons (Fsp3) is 0.192. The zero-order valence-electron chi connectivity index (χ0n) is 19.0. The Labute approximate surface area is 202 Å². The van der Waals surface area contributed by atoms with Gasteiger partial charge in [-0.1, -0.05) is 41.4 Å². The maximum absolute atomic E-state index is 13.0. The molecule has 0 saturated carbocycles. The lowest BCUT2D eigenvalue weighted by Crippen LogP contribution is -2.42. The molecule has 1 aliphatic rings. The van der Waals surface area contributed by atoms with Crippen LogP contribution in [0.3, 0.4) is 0 Å². The van der Waals surface area contributed by atoms with Gasteiger partial charge in [-0.2, -0.15) is 0 Å². The van der Waals surface area contributed by atoms with Crippen LogP contribution in [0, 0.1) is 6.92 Å². The van der Waals surface area contributed by atoms with Crippen LogP contribution in [0.2, 0.25) is 5.02 Å². The van der Waals surface area contributed by atoms with Gasteiger partial charge in [0, 0.05) is 21.7 Å². The van der Waals surface area contributed by atoms with Crippen molar-refractivity contribution in [2.45, 2.75) is 19.0 Å². The van der Waals surface area contributed by atoms with Crippen molar-refractivity contribution in [2.75, 3.05) is 14.2 Å². The molecule has 3 aromatic rings. The molecule has 2 N–H and O–H groups in total. The van der Waals surface area contributed by atoms with Crippen LogP contribution in [0.4, 0.5) is 0 Å². The van der Waals surface area contributed by atoms with E-state index in [0.29, 0.717) is 22.1 Å². The first kappa shape index (κ1) is 23.3.